The number of nitrogens with one attached hydrogen (secondary N) is 1. The van der Waals surface area contributed by atoms with Crippen LogP contribution in [0.3, 0.4) is 0 Å². The summed E-state index contributed by atoms with van der Waals surface area (Å²) in [7, 11) is 0. The summed E-state index contributed by atoms with van der Waals surface area (Å²) in [5.74, 6) is -1.74. The normalized spacial score (nSPS) is 27.1. The summed E-state index contributed by atoms with van der Waals surface area (Å²) in [4.78, 5) is 26.3. The molecular weight excluding hydrogens is 338 g/mol. The number of likely N-dealkylation sites (tertiary alicyclic amines) is 1. The lowest BCUT2D eigenvalue weighted by Gasteiger charge is -2.24. The average molecular weight is 364 g/mol. The van der Waals surface area contributed by atoms with Crippen molar-refractivity contribution in [3.8, 4) is 0 Å². The molecule has 1 aliphatic heterocycles. The van der Waals surface area contributed by atoms with Gasteiger partial charge in [0, 0.05) is 37.0 Å². The standard InChI is InChI=1S/C20H26F2N2O2/c1-12(2)24-9-13(7-17(24)25)18(26)23-11-20(10-19(20,3)4)15-6-5-14(21)8-16(15)22/h5-6,8,12-13H,7,9-11H2,1-4H3,(H,23,26). The zero-order valence-corrected chi connectivity index (χ0v) is 15.7. The maximum atomic E-state index is 14.3. The molecule has 3 rings (SSSR count). The van der Waals surface area contributed by atoms with Gasteiger partial charge in [0.1, 0.15) is 11.6 Å². The summed E-state index contributed by atoms with van der Waals surface area (Å²) in [5.41, 5.74) is -0.287. The van der Waals surface area contributed by atoms with E-state index in [0.29, 0.717) is 18.5 Å². The molecule has 1 saturated heterocycles. The largest absolute Gasteiger partial charge is 0.355 e. The lowest BCUT2D eigenvalue weighted by Crippen LogP contribution is -2.40. The minimum absolute atomic E-state index is 0.00815. The van der Waals surface area contributed by atoms with Gasteiger partial charge in [-0.15, -0.1) is 0 Å². The summed E-state index contributed by atoms with van der Waals surface area (Å²) in [5, 5.41) is 2.93. The van der Waals surface area contributed by atoms with Gasteiger partial charge in [-0.25, -0.2) is 8.78 Å². The van der Waals surface area contributed by atoms with Gasteiger partial charge >= 0.3 is 0 Å². The van der Waals surface area contributed by atoms with Gasteiger partial charge in [-0.3, -0.25) is 9.59 Å². The maximum absolute atomic E-state index is 14.3. The number of carbonyl (C=O) groups is 2. The molecule has 0 aromatic heterocycles. The Hall–Kier alpha value is -1.98. The summed E-state index contributed by atoms with van der Waals surface area (Å²) < 4.78 is 27.6. The number of amides is 2. The van der Waals surface area contributed by atoms with Crippen molar-refractivity contribution in [1.82, 2.24) is 10.2 Å². The van der Waals surface area contributed by atoms with Crippen molar-refractivity contribution in [2.45, 2.75) is 52.0 Å². The van der Waals surface area contributed by atoms with Crippen molar-refractivity contribution in [3.05, 3.63) is 35.4 Å². The molecule has 1 saturated carbocycles. The van der Waals surface area contributed by atoms with Gasteiger partial charge in [0.2, 0.25) is 11.8 Å². The molecule has 2 aliphatic rings. The summed E-state index contributed by atoms with van der Waals surface area (Å²) >= 11 is 0. The Morgan fingerprint density at radius 1 is 1.35 bits per heavy atom. The van der Waals surface area contributed by atoms with Gasteiger partial charge in [-0.05, 0) is 37.3 Å². The molecule has 142 valence electrons. The molecule has 2 atom stereocenters. The zero-order chi connectivity index (χ0) is 19.3. The fourth-order valence-electron chi connectivity index (χ4n) is 4.23. The second-order valence-corrected chi connectivity index (χ2v) is 8.53. The van der Waals surface area contributed by atoms with E-state index in [1.54, 1.807) is 4.90 Å². The second kappa shape index (κ2) is 6.32. The highest BCUT2D eigenvalue weighted by molar-refractivity contribution is 5.89. The fraction of sp³-hybridized carbons (Fsp3) is 0.600. The molecule has 6 heteroatoms. The van der Waals surface area contributed by atoms with E-state index in [4.69, 9.17) is 0 Å². The van der Waals surface area contributed by atoms with E-state index in [9.17, 15) is 18.4 Å². The van der Waals surface area contributed by atoms with Crippen LogP contribution < -0.4 is 5.32 Å². The highest BCUT2D eigenvalue weighted by Gasteiger charge is 2.63. The lowest BCUT2D eigenvalue weighted by molar-refractivity contribution is -0.130. The summed E-state index contributed by atoms with van der Waals surface area (Å²) in [6, 6.07) is 3.70. The molecule has 0 spiro atoms. The van der Waals surface area contributed by atoms with Crippen molar-refractivity contribution >= 4 is 11.8 Å². The number of hydrogen-bond donors (Lipinski definition) is 1. The molecule has 1 aliphatic carbocycles. The first kappa shape index (κ1) is 18.8. The van der Waals surface area contributed by atoms with Gasteiger partial charge in [-0.2, -0.15) is 0 Å². The van der Waals surface area contributed by atoms with E-state index < -0.39 is 17.0 Å². The molecule has 0 bridgehead atoms. The Morgan fingerprint density at radius 2 is 2.00 bits per heavy atom. The molecule has 0 radical (unpaired) electrons. The van der Waals surface area contributed by atoms with Crippen LogP contribution in [-0.4, -0.2) is 35.8 Å². The van der Waals surface area contributed by atoms with E-state index in [0.717, 1.165) is 6.07 Å². The lowest BCUT2D eigenvalue weighted by atomic mass is 9.87. The van der Waals surface area contributed by atoms with Gasteiger partial charge < -0.3 is 10.2 Å². The third kappa shape index (κ3) is 3.10. The molecule has 2 amide bonds. The average Bonchev–Trinajstić information content (AvgIpc) is 2.88. The Kier molecular flexibility index (Phi) is 4.57. The van der Waals surface area contributed by atoms with Crippen molar-refractivity contribution in [2.75, 3.05) is 13.1 Å². The minimum Gasteiger partial charge on any atom is -0.355 e. The molecule has 26 heavy (non-hydrogen) atoms. The first-order valence-electron chi connectivity index (χ1n) is 9.10. The molecule has 1 aromatic carbocycles. The first-order chi connectivity index (χ1) is 12.1. The summed E-state index contributed by atoms with van der Waals surface area (Å²) in [6.07, 6.45) is 0.926. The van der Waals surface area contributed by atoms with Gasteiger partial charge in [0.25, 0.3) is 0 Å². The van der Waals surface area contributed by atoms with E-state index in [2.05, 4.69) is 5.32 Å². The SMILES string of the molecule is CC(C)N1CC(C(=O)NCC2(c3ccc(F)cc3F)CC2(C)C)CC1=O. The minimum atomic E-state index is -0.609. The Labute approximate surface area is 152 Å². The first-order valence-corrected chi connectivity index (χ1v) is 9.10. The maximum Gasteiger partial charge on any atom is 0.225 e. The fourth-order valence-corrected chi connectivity index (χ4v) is 4.23. The number of hydrogen-bond acceptors (Lipinski definition) is 2. The number of nitrogens with zero attached hydrogens (tertiary/aromatic N) is 1. The number of carbonyl (C=O) groups excluding carboxylic acids is 2. The van der Waals surface area contributed by atoms with Crippen molar-refractivity contribution in [1.29, 1.82) is 0 Å². The Morgan fingerprint density at radius 3 is 2.50 bits per heavy atom. The Bertz CT molecular complexity index is 747. The zero-order valence-electron chi connectivity index (χ0n) is 15.7. The predicted molar refractivity (Wildman–Crippen MR) is 94.4 cm³/mol. The van der Waals surface area contributed by atoms with E-state index in [1.165, 1.54) is 12.1 Å². The molecule has 1 aromatic rings. The van der Waals surface area contributed by atoms with Gasteiger partial charge in [0.05, 0.1) is 5.92 Å². The predicted octanol–water partition coefficient (Wildman–Crippen LogP) is 3.01. The molecule has 1 N–H and O–H groups in total. The van der Waals surface area contributed by atoms with Crippen molar-refractivity contribution in [3.63, 3.8) is 0 Å². The van der Waals surface area contributed by atoms with E-state index in [1.807, 2.05) is 27.7 Å². The van der Waals surface area contributed by atoms with Crippen LogP contribution in [0.4, 0.5) is 8.78 Å². The molecule has 4 nitrogen and oxygen atoms in total. The number of rotatable bonds is 5. The smallest absolute Gasteiger partial charge is 0.225 e. The monoisotopic (exact) mass is 364 g/mol. The number of halogens is 2. The summed E-state index contributed by atoms with van der Waals surface area (Å²) in [6.45, 7) is 8.59. The van der Waals surface area contributed by atoms with E-state index >= 15 is 0 Å². The third-order valence-corrected chi connectivity index (χ3v) is 6.08. The van der Waals surface area contributed by atoms with Crippen molar-refractivity contribution < 1.29 is 18.4 Å². The highest BCUT2D eigenvalue weighted by atomic mass is 19.1. The van der Waals surface area contributed by atoms with Crippen LogP contribution in [0, 0.1) is 23.0 Å². The molecule has 1 heterocycles. The van der Waals surface area contributed by atoms with Crippen LogP contribution in [0.1, 0.15) is 46.1 Å². The quantitative estimate of drug-likeness (QED) is 0.873. The van der Waals surface area contributed by atoms with Gasteiger partial charge in [0.15, 0.2) is 0 Å². The molecule has 2 unspecified atom stereocenters. The highest BCUT2D eigenvalue weighted by Crippen LogP contribution is 2.64. The number of benzene rings is 1. The van der Waals surface area contributed by atoms with Crippen molar-refractivity contribution in [2.24, 2.45) is 11.3 Å². The molecule has 2 fully saturated rings. The second-order valence-electron chi connectivity index (χ2n) is 8.53. The van der Waals surface area contributed by atoms with Crippen LogP contribution in [-0.2, 0) is 15.0 Å². The van der Waals surface area contributed by atoms with E-state index in [-0.39, 0.29) is 42.2 Å². The van der Waals surface area contributed by atoms with Crippen LogP contribution in [0.15, 0.2) is 18.2 Å². The third-order valence-electron chi connectivity index (χ3n) is 6.08. The Balaban J connectivity index is 1.71. The molecular formula is C20H26F2N2O2. The van der Waals surface area contributed by atoms with Gasteiger partial charge in [-0.1, -0.05) is 19.9 Å². The topological polar surface area (TPSA) is 49.4 Å². The van der Waals surface area contributed by atoms with Crippen LogP contribution in [0.2, 0.25) is 0 Å². The van der Waals surface area contributed by atoms with Crippen LogP contribution in [0.25, 0.3) is 0 Å². The van der Waals surface area contributed by atoms with Crippen LogP contribution in [0.5, 0.6) is 0 Å². The van der Waals surface area contributed by atoms with Crippen LogP contribution >= 0.6 is 0 Å².